The fraction of sp³-hybridized carbons (Fsp3) is 0.167. The van der Waals surface area contributed by atoms with E-state index in [9.17, 15) is 0 Å². The molecule has 0 atom stereocenters. The van der Waals surface area contributed by atoms with Gasteiger partial charge in [-0.1, -0.05) is 17.7 Å². The van der Waals surface area contributed by atoms with E-state index in [1.165, 1.54) is 11.1 Å². The maximum Gasteiger partial charge on any atom is 0.0731 e. The van der Waals surface area contributed by atoms with Gasteiger partial charge in [-0.05, 0) is 31.5 Å². The van der Waals surface area contributed by atoms with Crippen molar-refractivity contribution in [3.05, 3.63) is 47.8 Å². The summed E-state index contributed by atoms with van der Waals surface area (Å²) in [6.07, 6.45) is 3.38. The number of anilines is 2. The van der Waals surface area contributed by atoms with E-state index in [1.807, 2.05) is 6.07 Å². The van der Waals surface area contributed by atoms with E-state index in [0.717, 1.165) is 11.4 Å². The number of nitrogens with one attached hydrogen (secondary N) is 1. The molecule has 0 amide bonds. The number of rotatable bonds is 2. The Kier molecular flexibility index (Phi) is 2.63. The Morgan fingerprint density at radius 3 is 2.60 bits per heavy atom. The van der Waals surface area contributed by atoms with Gasteiger partial charge in [-0.15, -0.1) is 0 Å². The zero-order valence-electron chi connectivity index (χ0n) is 8.86. The van der Waals surface area contributed by atoms with E-state index >= 15 is 0 Å². The summed E-state index contributed by atoms with van der Waals surface area (Å²) in [4.78, 5) is 0. The normalized spacial score (nSPS) is 10.0. The molecule has 0 fully saturated rings. The molecule has 0 saturated carbocycles. The van der Waals surface area contributed by atoms with E-state index in [1.54, 1.807) is 12.4 Å². The molecule has 2 rings (SSSR count). The topological polar surface area (TPSA) is 37.8 Å². The summed E-state index contributed by atoms with van der Waals surface area (Å²) in [6.45, 7) is 4.18. The maximum absolute atomic E-state index is 3.82. The molecule has 0 unspecified atom stereocenters. The Hall–Kier alpha value is -1.90. The van der Waals surface area contributed by atoms with Crippen molar-refractivity contribution in [3.8, 4) is 0 Å². The highest BCUT2D eigenvalue weighted by Gasteiger charge is 1.98. The average Bonchev–Trinajstić information content (AvgIpc) is 2.24. The predicted molar refractivity (Wildman–Crippen MR) is 61.2 cm³/mol. The monoisotopic (exact) mass is 199 g/mol. The fourth-order valence-corrected chi connectivity index (χ4v) is 1.47. The van der Waals surface area contributed by atoms with Gasteiger partial charge in [0, 0.05) is 5.69 Å². The molecule has 1 aromatic heterocycles. The summed E-state index contributed by atoms with van der Waals surface area (Å²) >= 11 is 0. The van der Waals surface area contributed by atoms with Crippen molar-refractivity contribution in [2.45, 2.75) is 13.8 Å². The van der Waals surface area contributed by atoms with Crippen molar-refractivity contribution in [3.63, 3.8) is 0 Å². The second-order valence-electron chi connectivity index (χ2n) is 3.57. The first-order valence-electron chi connectivity index (χ1n) is 4.87. The van der Waals surface area contributed by atoms with E-state index < -0.39 is 0 Å². The second-order valence-corrected chi connectivity index (χ2v) is 3.57. The highest BCUT2D eigenvalue weighted by molar-refractivity contribution is 5.62. The Morgan fingerprint density at radius 2 is 1.93 bits per heavy atom. The van der Waals surface area contributed by atoms with Crippen molar-refractivity contribution < 1.29 is 0 Å². The van der Waals surface area contributed by atoms with Crippen molar-refractivity contribution in [1.82, 2.24) is 10.2 Å². The lowest BCUT2D eigenvalue weighted by Gasteiger charge is -2.09. The second kappa shape index (κ2) is 4.09. The van der Waals surface area contributed by atoms with Gasteiger partial charge in [0.25, 0.3) is 0 Å². The lowest BCUT2D eigenvalue weighted by atomic mass is 10.1. The van der Waals surface area contributed by atoms with E-state index in [4.69, 9.17) is 0 Å². The first kappa shape index (κ1) is 9.65. The van der Waals surface area contributed by atoms with E-state index in [0.29, 0.717) is 0 Å². The maximum atomic E-state index is 3.82. The quantitative estimate of drug-likeness (QED) is 0.808. The SMILES string of the molecule is Cc1ccc(Nc2ccnnc2)c(C)c1. The van der Waals surface area contributed by atoms with Crippen LogP contribution in [-0.2, 0) is 0 Å². The van der Waals surface area contributed by atoms with Crippen molar-refractivity contribution in [2.75, 3.05) is 5.32 Å². The van der Waals surface area contributed by atoms with Crippen LogP contribution in [0.2, 0.25) is 0 Å². The van der Waals surface area contributed by atoms with E-state index in [2.05, 4.69) is 47.6 Å². The van der Waals surface area contributed by atoms with Crippen LogP contribution >= 0.6 is 0 Å². The Morgan fingerprint density at radius 1 is 1.07 bits per heavy atom. The van der Waals surface area contributed by atoms with Crippen LogP contribution in [0.25, 0.3) is 0 Å². The van der Waals surface area contributed by atoms with Gasteiger partial charge >= 0.3 is 0 Å². The Labute approximate surface area is 89.2 Å². The van der Waals surface area contributed by atoms with Crippen LogP contribution in [0.15, 0.2) is 36.7 Å². The number of nitrogens with zero attached hydrogens (tertiary/aromatic N) is 2. The summed E-state index contributed by atoms with van der Waals surface area (Å²) in [6, 6.07) is 8.21. The lowest BCUT2D eigenvalue weighted by Crippen LogP contribution is -1.94. The van der Waals surface area contributed by atoms with Crippen LogP contribution in [-0.4, -0.2) is 10.2 Å². The molecule has 76 valence electrons. The van der Waals surface area contributed by atoms with Gasteiger partial charge in [0.2, 0.25) is 0 Å². The van der Waals surface area contributed by atoms with Crippen LogP contribution in [0, 0.1) is 13.8 Å². The molecule has 2 aromatic rings. The van der Waals surface area contributed by atoms with Gasteiger partial charge in [-0.25, -0.2) is 0 Å². The summed E-state index contributed by atoms with van der Waals surface area (Å²) in [5.41, 5.74) is 4.56. The third-order valence-corrected chi connectivity index (χ3v) is 2.25. The molecule has 0 aliphatic carbocycles. The highest BCUT2D eigenvalue weighted by Crippen LogP contribution is 2.20. The van der Waals surface area contributed by atoms with Gasteiger partial charge in [-0.3, -0.25) is 0 Å². The zero-order valence-corrected chi connectivity index (χ0v) is 8.86. The largest absolute Gasteiger partial charge is 0.354 e. The van der Waals surface area contributed by atoms with Crippen molar-refractivity contribution in [1.29, 1.82) is 0 Å². The zero-order chi connectivity index (χ0) is 10.7. The molecule has 0 radical (unpaired) electrons. The van der Waals surface area contributed by atoms with Gasteiger partial charge in [0.05, 0.1) is 18.1 Å². The van der Waals surface area contributed by atoms with Crippen molar-refractivity contribution in [2.24, 2.45) is 0 Å². The predicted octanol–water partition coefficient (Wildman–Crippen LogP) is 2.84. The van der Waals surface area contributed by atoms with Gasteiger partial charge in [0.15, 0.2) is 0 Å². The van der Waals surface area contributed by atoms with Crippen molar-refractivity contribution >= 4 is 11.4 Å². The smallest absolute Gasteiger partial charge is 0.0731 e. The van der Waals surface area contributed by atoms with Crippen LogP contribution in [0.5, 0.6) is 0 Å². The summed E-state index contributed by atoms with van der Waals surface area (Å²) in [5, 5.41) is 10.8. The fourth-order valence-electron chi connectivity index (χ4n) is 1.47. The Balaban J connectivity index is 2.25. The minimum atomic E-state index is 0.956. The first-order chi connectivity index (χ1) is 7.25. The molecule has 15 heavy (non-hydrogen) atoms. The van der Waals surface area contributed by atoms with E-state index in [-0.39, 0.29) is 0 Å². The number of benzene rings is 1. The van der Waals surface area contributed by atoms with Crippen LogP contribution in [0.1, 0.15) is 11.1 Å². The van der Waals surface area contributed by atoms with Gasteiger partial charge in [0.1, 0.15) is 0 Å². The number of aromatic nitrogens is 2. The third kappa shape index (κ3) is 2.31. The third-order valence-electron chi connectivity index (χ3n) is 2.25. The molecule has 0 aliphatic rings. The van der Waals surface area contributed by atoms with Crippen LogP contribution in [0.4, 0.5) is 11.4 Å². The molecule has 3 nitrogen and oxygen atoms in total. The average molecular weight is 199 g/mol. The molecule has 0 bridgehead atoms. The molecule has 0 aliphatic heterocycles. The number of hydrogen-bond acceptors (Lipinski definition) is 3. The summed E-state index contributed by atoms with van der Waals surface area (Å²) in [7, 11) is 0. The standard InChI is InChI=1S/C12H13N3/c1-9-3-4-12(10(2)7-9)15-11-5-6-13-14-8-11/h3-8H,1-2H3,(H,13,15). The van der Waals surface area contributed by atoms with Crippen LogP contribution in [0.3, 0.4) is 0 Å². The number of hydrogen-bond donors (Lipinski definition) is 1. The highest BCUT2D eigenvalue weighted by atomic mass is 15.1. The Bertz CT molecular complexity index is 452. The lowest BCUT2D eigenvalue weighted by molar-refractivity contribution is 1.03. The molecule has 1 aromatic carbocycles. The molecule has 0 saturated heterocycles. The van der Waals surface area contributed by atoms with Crippen LogP contribution < -0.4 is 5.32 Å². The van der Waals surface area contributed by atoms with Gasteiger partial charge < -0.3 is 5.32 Å². The summed E-state index contributed by atoms with van der Waals surface area (Å²) < 4.78 is 0. The molecule has 1 N–H and O–H groups in total. The minimum Gasteiger partial charge on any atom is -0.354 e. The minimum absolute atomic E-state index is 0.956. The molecular formula is C12H13N3. The molecule has 3 heteroatoms. The molecule has 0 spiro atoms. The summed E-state index contributed by atoms with van der Waals surface area (Å²) in [5.74, 6) is 0. The van der Waals surface area contributed by atoms with Gasteiger partial charge in [-0.2, -0.15) is 10.2 Å². The number of aryl methyl sites for hydroxylation is 2. The molecule has 1 heterocycles. The first-order valence-corrected chi connectivity index (χ1v) is 4.87. The molecular weight excluding hydrogens is 186 g/mol.